The van der Waals surface area contributed by atoms with Gasteiger partial charge in [0.15, 0.2) is 0 Å². The molecule has 0 aliphatic rings. The average molecular weight is 303 g/mol. The molecule has 0 saturated carbocycles. The lowest BCUT2D eigenvalue weighted by atomic mass is 10.2. The fraction of sp³-hybridized carbons (Fsp3) is 0.500. The maximum Gasteiger partial charge on any atom is 0.0488 e. The number of halogens is 1. The number of rotatable bonds is 5. The predicted octanol–water partition coefficient (Wildman–Crippen LogP) is 3.89. The average Bonchev–Trinajstić information content (AvgIpc) is 2.25. The molecule has 1 atom stereocenters. The summed E-state index contributed by atoms with van der Waals surface area (Å²) in [7, 11) is 0. The highest BCUT2D eigenvalue weighted by atomic mass is 79.9. The molecule has 16 heavy (non-hydrogen) atoms. The molecule has 0 aliphatic carbocycles. The molecule has 0 fully saturated rings. The molecule has 0 aliphatic heterocycles. The van der Waals surface area contributed by atoms with Crippen LogP contribution in [0.5, 0.6) is 0 Å². The predicted molar refractivity (Wildman–Crippen MR) is 79.4 cm³/mol. The van der Waals surface area contributed by atoms with Crippen LogP contribution in [0.3, 0.4) is 0 Å². The van der Waals surface area contributed by atoms with Crippen molar-refractivity contribution in [1.29, 1.82) is 0 Å². The van der Waals surface area contributed by atoms with Crippen LogP contribution in [0.25, 0.3) is 0 Å². The van der Waals surface area contributed by atoms with Crippen molar-refractivity contribution >= 4 is 39.1 Å². The Morgan fingerprint density at radius 2 is 2.19 bits per heavy atom. The third-order valence-electron chi connectivity index (χ3n) is 2.62. The third kappa shape index (κ3) is 3.91. The minimum absolute atomic E-state index is 0.696. The Kier molecular flexibility index (Phi) is 5.49. The second-order valence-electron chi connectivity index (χ2n) is 3.95. The Balaban J connectivity index is 2.57. The Labute approximate surface area is 111 Å². The van der Waals surface area contributed by atoms with E-state index in [1.807, 2.05) is 24.8 Å². The van der Waals surface area contributed by atoms with Gasteiger partial charge >= 0.3 is 0 Å². The van der Waals surface area contributed by atoms with E-state index in [0.717, 1.165) is 34.4 Å². The highest BCUT2D eigenvalue weighted by molar-refractivity contribution is 9.10. The van der Waals surface area contributed by atoms with Crippen LogP contribution in [0, 0.1) is 6.92 Å². The van der Waals surface area contributed by atoms with Gasteiger partial charge in [-0.2, -0.15) is 11.8 Å². The van der Waals surface area contributed by atoms with Crippen molar-refractivity contribution in [2.45, 2.75) is 25.5 Å². The molecule has 3 N–H and O–H groups in total. The van der Waals surface area contributed by atoms with Gasteiger partial charge in [0.1, 0.15) is 0 Å². The molecule has 1 rings (SSSR count). The molecule has 0 aromatic heterocycles. The van der Waals surface area contributed by atoms with Crippen molar-refractivity contribution in [3.8, 4) is 0 Å². The van der Waals surface area contributed by atoms with Crippen LogP contribution in [0.4, 0.5) is 11.4 Å². The first-order valence-electron chi connectivity index (χ1n) is 5.37. The van der Waals surface area contributed by atoms with Crippen LogP contribution in [-0.2, 0) is 0 Å². The van der Waals surface area contributed by atoms with E-state index in [0.29, 0.717) is 5.25 Å². The summed E-state index contributed by atoms with van der Waals surface area (Å²) in [5.41, 5.74) is 8.89. The van der Waals surface area contributed by atoms with Crippen LogP contribution in [0.15, 0.2) is 16.6 Å². The summed E-state index contributed by atoms with van der Waals surface area (Å²) in [6.07, 6.45) is 3.31. The number of nitrogens with two attached hydrogens (primary N) is 1. The standard InChI is InChI=1S/C12H19BrN2S/c1-8-6-12(10(13)7-11(8)14)15-5-4-9(2)16-3/h6-7,9,15H,4-5,14H2,1-3H3. The van der Waals surface area contributed by atoms with Gasteiger partial charge in [-0.1, -0.05) is 6.92 Å². The lowest BCUT2D eigenvalue weighted by Gasteiger charge is -2.13. The van der Waals surface area contributed by atoms with Gasteiger partial charge in [-0.3, -0.25) is 0 Å². The number of hydrogen-bond acceptors (Lipinski definition) is 3. The van der Waals surface area contributed by atoms with Crippen molar-refractivity contribution in [2.24, 2.45) is 0 Å². The summed E-state index contributed by atoms with van der Waals surface area (Å²) in [6, 6.07) is 4.04. The first-order chi connectivity index (χ1) is 7.54. The molecule has 1 aromatic carbocycles. The number of thioether (sulfide) groups is 1. The first-order valence-corrected chi connectivity index (χ1v) is 7.45. The molecular formula is C12H19BrN2S. The number of hydrogen-bond donors (Lipinski definition) is 2. The lowest BCUT2D eigenvalue weighted by Crippen LogP contribution is -2.08. The van der Waals surface area contributed by atoms with Gasteiger partial charge < -0.3 is 11.1 Å². The maximum atomic E-state index is 5.83. The van der Waals surface area contributed by atoms with Gasteiger partial charge in [0.2, 0.25) is 0 Å². The SMILES string of the molecule is CSC(C)CCNc1cc(C)c(N)cc1Br. The minimum atomic E-state index is 0.696. The highest BCUT2D eigenvalue weighted by Gasteiger charge is 2.04. The van der Waals surface area contributed by atoms with E-state index in [4.69, 9.17) is 5.73 Å². The molecule has 2 nitrogen and oxygen atoms in total. The number of nitrogen functional groups attached to an aromatic ring is 1. The zero-order chi connectivity index (χ0) is 12.1. The second-order valence-corrected chi connectivity index (χ2v) is 6.08. The number of benzene rings is 1. The van der Waals surface area contributed by atoms with E-state index in [1.165, 1.54) is 0 Å². The fourth-order valence-electron chi connectivity index (χ4n) is 1.36. The van der Waals surface area contributed by atoms with Gasteiger partial charge in [0.05, 0.1) is 0 Å². The van der Waals surface area contributed by atoms with Gasteiger partial charge in [-0.15, -0.1) is 0 Å². The summed E-state index contributed by atoms with van der Waals surface area (Å²) >= 11 is 5.42. The molecule has 0 amide bonds. The lowest BCUT2D eigenvalue weighted by molar-refractivity contribution is 0.853. The summed E-state index contributed by atoms with van der Waals surface area (Å²) < 4.78 is 1.03. The van der Waals surface area contributed by atoms with Crippen LogP contribution < -0.4 is 11.1 Å². The molecule has 0 bridgehead atoms. The zero-order valence-corrected chi connectivity index (χ0v) is 12.4. The fourth-order valence-corrected chi connectivity index (χ4v) is 2.22. The Morgan fingerprint density at radius 3 is 2.81 bits per heavy atom. The van der Waals surface area contributed by atoms with Crippen molar-refractivity contribution in [3.05, 3.63) is 22.2 Å². The van der Waals surface area contributed by atoms with E-state index in [1.54, 1.807) is 0 Å². The maximum absolute atomic E-state index is 5.83. The monoisotopic (exact) mass is 302 g/mol. The quantitative estimate of drug-likeness (QED) is 0.810. The van der Waals surface area contributed by atoms with Crippen LogP contribution in [0.2, 0.25) is 0 Å². The summed E-state index contributed by atoms with van der Waals surface area (Å²) in [4.78, 5) is 0. The van der Waals surface area contributed by atoms with Crippen molar-refractivity contribution in [3.63, 3.8) is 0 Å². The second kappa shape index (κ2) is 6.40. The Bertz CT molecular complexity index is 355. The molecule has 1 aromatic rings. The summed E-state index contributed by atoms with van der Waals surface area (Å²) in [6.45, 7) is 5.26. The van der Waals surface area contributed by atoms with Crippen LogP contribution >= 0.6 is 27.7 Å². The Hall–Kier alpha value is -0.350. The number of nitrogens with one attached hydrogen (secondary N) is 1. The van der Waals surface area contributed by atoms with E-state index >= 15 is 0 Å². The van der Waals surface area contributed by atoms with Crippen molar-refractivity contribution in [1.82, 2.24) is 0 Å². The van der Waals surface area contributed by atoms with E-state index in [9.17, 15) is 0 Å². The zero-order valence-electron chi connectivity index (χ0n) is 10.0. The third-order valence-corrected chi connectivity index (χ3v) is 4.32. The smallest absolute Gasteiger partial charge is 0.0488 e. The van der Waals surface area contributed by atoms with E-state index < -0.39 is 0 Å². The van der Waals surface area contributed by atoms with E-state index in [2.05, 4.69) is 40.5 Å². The summed E-state index contributed by atoms with van der Waals surface area (Å²) in [5, 5.41) is 4.13. The van der Waals surface area contributed by atoms with Crippen molar-refractivity contribution < 1.29 is 0 Å². The normalized spacial score (nSPS) is 12.5. The van der Waals surface area contributed by atoms with Crippen molar-refractivity contribution in [2.75, 3.05) is 23.9 Å². The first kappa shape index (κ1) is 13.7. The molecular weight excluding hydrogens is 284 g/mol. The topological polar surface area (TPSA) is 38.0 Å². The number of aryl methyl sites for hydroxylation is 1. The van der Waals surface area contributed by atoms with Gasteiger partial charge in [-0.25, -0.2) is 0 Å². The molecule has 90 valence electrons. The van der Waals surface area contributed by atoms with Gasteiger partial charge in [0.25, 0.3) is 0 Å². The molecule has 4 heteroatoms. The van der Waals surface area contributed by atoms with Gasteiger partial charge in [0, 0.05) is 27.6 Å². The molecule has 0 heterocycles. The van der Waals surface area contributed by atoms with E-state index in [-0.39, 0.29) is 0 Å². The minimum Gasteiger partial charge on any atom is -0.398 e. The van der Waals surface area contributed by atoms with Gasteiger partial charge in [-0.05, 0) is 53.2 Å². The van der Waals surface area contributed by atoms with Crippen LogP contribution in [-0.4, -0.2) is 18.1 Å². The summed E-state index contributed by atoms with van der Waals surface area (Å²) in [5.74, 6) is 0. The Morgan fingerprint density at radius 1 is 1.50 bits per heavy atom. The molecule has 0 spiro atoms. The van der Waals surface area contributed by atoms with Crippen LogP contribution in [0.1, 0.15) is 18.9 Å². The highest BCUT2D eigenvalue weighted by Crippen LogP contribution is 2.27. The molecule has 1 unspecified atom stereocenters. The number of anilines is 2. The molecule has 0 radical (unpaired) electrons. The largest absolute Gasteiger partial charge is 0.398 e. The molecule has 0 saturated heterocycles.